The van der Waals surface area contributed by atoms with Crippen LogP contribution in [0.15, 0.2) is 18.7 Å². The van der Waals surface area contributed by atoms with E-state index in [1.807, 2.05) is 24.6 Å². The van der Waals surface area contributed by atoms with Crippen molar-refractivity contribution >= 4 is 5.97 Å². The molecule has 0 radical (unpaired) electrons. The monoisotopic (exact) mass is 239 g/mol. The van der Waals surface area contributed by atoms with E-state index < -0.39 is 0 Å². The Bertz CT molecular complexity index is 325. The van der Waals surface area contributed by atoms with E-state index in [-0.39, 0.29) is 18.1 Å². The highest BCUT2D eigenvalue weighted by Gasteiger charge is 2.12. The zero-order valence-electron chi connectivity index (χ0n) is 10.7. The summed E-state index contributed by atoms with van der Waals surface area (Å²) in [4.78, 5) is 15.3. The second kappa shape index (κ2) is 7.06. The van der Waals surface area contributed by atoms with Gasteiger partial charge in [0.25, 0.3) is 0 Å². The molecular formula is C12H21N3O2. The third-order valence-corrected chi connectivity index (χ3v) is 2.39. The van der Waals surface area contributed by atoms with Crippen LogP contribution in [-0.2, 0) is 16.1 Å². The standard InChI is InChI=1S/C12H21N3O2/c1-4-17-12(16)7-10(2)14-11(3)8-15-6-5-13-9-15/h5-6,9-11,14H,4,7-8H2,1-3H3. The van der Waals surface area contributed by atoms with E-state index in [0.717, 1.165) is 6.54 Å². The maximum Gasteiger partial charge on any atom is 0.307 e. The minimum Gasteiger partial charge on any atom is -0.466 e. The maximum absolute atomic E-state index is 11.3. The van der Waals surface area contributed by atoms with Crippen molar-refractivity contribution in [1.82, 2.24) is 14.9 Å². The smallest absolute Gasteiger partial charge is 0.307 e. The molecule has 1 aromatic rings. The SMILES string of the molecule is CCOC(=O)CC(C)NC(C)Cn1ccnc1. The molecule has 1 heterocycles. The molecule has 1 N–H and O–H groups in total. The first-order chi connectivity index (χ1) is 8.11. The Kier molecular flexibility index (Phi) is 5.69. The molecule has 0 amide bonds. The van der Waals surface area contributed by atoms with Gasteiger partial charge in [-0.1, -0.05) is 0 Å². The van der Waals surface area contributed by atoms with E-state index in [1.165, 1.54) is 0 Å². The molecule has 0 spiro atoms. The molecule has 0 aromatic carbocycles. The Morgan fingerprint density at radius 2 is 2.24 bits per heavy atom. The van der Waals surface area contributed by atoms with Crippen molar-refractivity contribution in [2.75, 3.05) is 6.61 Å². The lowest BCUT2D eigenvalue weighted by molar-refractivity contribution is -0.143. The molecule has 96 valence electrons. The lowest BCUT2D eigenvalue weighted by Gasteiger charge is -2.19. The number of imidazole rings is 1. The lowest BCUT2D eigenvalue weighted by Crippen LogP contribution is -2.38. The molecule has 0 aliphatic heterocycles. The van der Waals surface area contributed by atoms with Crippen molar-refractivity contribution in [3.63, 3.8) is 0 Å². The van der Waals surface area contributed by atoms with Gasteiger partial charge in [-0.2, -0.15) is 0 Å². The number of nitrogens with one attached hydrogen (secondary N) is 1. The largest absolute Gasteiger partial charge is 0.466 e. The fourth-order valence-corrected chi connectivity index (χ4v) is 1.78. The number of carbonyl (C=O) groups is 1. The summed E-state index contributed by atoms with van der Waals surface area (Å²) < 4.78 is 6.91. The van der Waals surface area contributed by atoms with E-state index >= 15 is 0 Å². The van der Waals surface area contributed by atoms with Gasteiger partial charge >= 0.3 is 5.97 Å². The number of ether oxygens (including phenoxy) is 1. The average Bonchev–Trinajstić information content (AvgIpc) is 2.69. The number of hydrogen-bond donors (Lipinski definition) is 1. The van der Waals surface area contributed by atoms with Gasteiger partial charge in [0.1, 0.15) is 0 Å². The molecule has 0 fully saturated rings. The molecule has 0 aliphatic rings. The van der Waals surface area contributed by atoms with Gasteiger partial charge in [0.05, 0.1) is 19.4 Å². The summed E-state index contributed by atoms with van der Waals surface area (Å²) >= 11 is 0. The molecule has 2 atom stereocenters. The van der Waals surface area contributed by atoms with Crippen LogP contribution in [0.2, 0.25) is 0 Å². The zero-order valence-corrected chi connectivity index (χ0v) is 10.7. The molecule has 0 saturated carbocycles. The zero-order chi connectivity index (χ0) is 12.7. The van der Waals surface area contributed by atoms with Crippen LogP contribution in [0.4, 0.5) is 0 Å². The number of hydrogen-bond acceptors (Lipinski definition) is 4. The van der Waals surface area contributed by atoms with Gasteiger partial charge in [-0.05, 0) is 20.8 Å². The Morgan fingerprint density at radius 3 is 2.82 bits per heavy atom. The van der Waals surface area contributed by atoms with Crippen molar-refractivity contribution in [2.45, 2.75) is 45.8 Å². The van der Waals surface area contributed by atoms with Crippen LogP contribution in [0.3, 0.4) is 0 Å². The molecule has 1 rings (SSSR count). The average molecular weight is 239 g/mol. The first-order valence-corrected chi connectivity index (χ1v) is 5.99. The third-order valence-electron chi connectivity index (χ3n) is 2.39. The van der Waals surface area contributed by atoms with Gasteiger partial charge in [0, 0.05) is 31.0 Å². The first-order valence-electron chi connectivity index (χ1n) is 5.99. The van der Waals surface area contributed by atoms with Crippen molar-refractivity contribution in [1.29, 1.82) is 0 Å². The molecule has 5 nitrogen and oxygen atoms in total. The van der Waals surface area contributed by atoms with E-state index in [2.05, 4.69) is 17.2 Å². The second-order valence-electron chi connectivity index (χ2n) is 4.24. The highest BCUT2D eigenvalue weighted by molar-refractivity contribution is 5.69. The molecule has 1 aromatic heterocycles. The second-order valence-corrected chi connectivity index (χ2v) is 4.24. The van der Waals surface area contributed by atoms with Gasteiger partial charge in [-0.3, -0.25) is 4.79 Å². The van der Waals surface area contributed by atoms with Crippen molar-refractivity contribution in [3.8, 4) is 0 Å². The number of carbonyl (C=O) groups excluding carboxylic acids is 1. The maximum atomic E-state index is 11.3. The Balaban J connectivity index is 2.25. The van der Waals surface area contributed by atoms with E-state index in [1.54, 1.807) is 12.5 Å². The minimum atomic E-state index is -0.151. The quantitative estimate of drug-likeness (QED) is 0.726. The van der Waals surface area contributed by atoms with Gasteiger partial charge in [-0.15, -0.1) is 0 Å². The van der Waals surface area contributed by atoms with Gasteiger partial charge in [0.15, 0.2) is 0 Å². The Hall–Kier alpha value is -1.36. The summed E-state index contributed by atoms with van der Waals surface area (Å²) in [6.07, 6.45) is 5.87. The van der Waals surface area contributed by atoms with Gasteiger partial charge < -0.3 is 14.6 Å². The van der Waals surface area contributed by atoms with E-state index in [9.17, 15) is 4.79 Å². The molecule has 0 saturated heterocycles. The predicted molar refractivity (Wildman–Crippen MR) is 65.5 cm³/mol. The highest BCUT2D eigenvalue weighted by atomic mass is 16.5. The van der Waals surface area contributed by atoms with Crippen LogP contribution in [0.25, 0.3) is 0 Å². The normalized spacial score (nSPS) is 14.3. The third kappa shape index (κ3) is 5.49. The van der Waals surface area contributed by atoms with Crippen LogP contribution >= 0.6 is 0 Å². The number of esters is 1. The van der Waals surface area contributed by atoms with Gasteiger partial charge in [0.2, 0.25) is 0 Å². The summed E-state index contributed by atoms with van der Waals surface area (Å²) in [5.74, 6) is -0.151. The Morgan fingerprint density at radius 1 is 1.47 bits per heavy atom. The molecular weight excluding hydrogens is 218 g/mol. The molecule has 17 heavy (non-hydrogen) atoms. The molecule has 2 unspecified atom stereocenters. The van der Waals surface area contributed by atoms with Crippen LogP contribution in [0, 0.1) is 0 Å². The summed E-state index contributed by atoms with van der Waals surface area (Å²) in [7, 11) is 0. The molecule has 0 bridgehead atoms. The fraction of sp³-hybridized carbons (Fsp3) is 0.667. The van der Waals surface area contributed by atoms with Crippen molar-refractivity contribution < 1.29 is 9.53 Å². The predicted octanol–water partition coefficient (Wildman–Crippen LogP) is 1.20. The minimum absolute atomic E-state index is 0.118. The highest BCUT2D eigenvalue weighted by Crippen LogP contribution is 1.98. The van der Waals surface area contributed by atoms with Crippen LogP contribution < -0.4 is 5.32 Å². The summed E-state index contributed by atoms with van der Waals surface area (Å²) in [5, 5.41) is 3.36. The van der Waals surface area contributed by atoms with Crippen LogP contribution in [0.5, 0.6) is 0 Å². The van der Waals surface area contributed by atoms with Crippen molar-refractivity contribution in [3.05, 3.63) is 18.7 Å². The summed E-state index contributed by atoms with van der Waals surface area (Å²) in [5.41, 5.74) is 0. The number of aromatic nitrogens is 2. The van der Waals surface area contributed by atoms with Crippen molar-refractivity contribution in [2.24, 2.45) is 0 Å². The van der Waals surface area contributed by atoms with Crippen LogP contribution in [0.1, 0.15) is 27.2 Å². The van der Waals surface area contributed by atoms with E-state index in [4.69, 9.17) is 4.74 Å². The fourth-order valence-electron chi connectivity index (χ4n) is 1.78. The first kappa shape index (κ1) is 13.7. The Labute approximate surface area is 102 Å². The van der Waals surface area contributed by atoms with E-state index in [0.29, 0.717) is 13.0 Å². The lowest BCUT2D eigenvalue weighted by atomic mass is 10.2. The molecule has 0 aliphatic carbocycles. The summed E-state index contributed by atoms with van der Waals surface area (Å²) in [6, 6.07) is 0.404. The number of nitrogens with zero attached hydrogens (tertiary/aromatic N) is 2. The molecule has 5 heteroatoms. The van der Waals surface area contributed by atoms with Gasteiger partial charge in [-0.25, -0.2) is 4.98 Å². The number of rotatable bonds is 7. The van der Waals surface area contributed by atoms with Crippen LogP contribution in [-0.4, -0.2) is 34.2 Å². The topological polar surface area (TPSA) is 56.1 Å². The summed E-state index contributed by atoms with van der Waals surface area (Å²) in [6.45, 7) is 7.17.